The van der Waals surface area contributed by atoms with Gasteiger partial charge in [-0.25, -0.2) is 0 Å². The summed E-state index contributed by atoms with van der Waals surface area (Å²) in [4.78, 5) is 10.9. The molecule has 0 heterocycles. The number of hydrogen-bond acceptors (Lipinski definition) is 3. The molecule has 0 atom stereocenters. The Morgan fingerprint density at radius 3 is 2.73 bits per heavy atom. The van der Waals surface area contributed by atoms with E-state index in [1.807, 2.05) is 6.92 Å². The predicted octanol–water partition coefficient (Wildman–Crippen LogP) is 0.592. The van der Waals surface area contributed by atoms with Gasteiger partial charge in [0.15, 0.2) is 5.78 Å². The summed E-state index contributed by atoms with van der Waals surface area (Å²) < 4.78 is 4.94. The van der Waals surface area contributed by atoms with Crippen molar-refractivity contribution in [2.75, 3.05) is 26.3 Å². The van der Waals surface area contributed by atoms with E-state index < -0.39 is 0 Å². The maximum absolute atomic E-state index is 10.9. The highest BCUT2D eigenvalue weighted by atomic mass is 16.5. The molecule has 0 aromatic heterocycles. The molecule has 0 spiro atoms. The molecule has 3 heteroatoms. The van der Waals surface area contributed by atoms with E-state index in [1.54, 1.807) is 0 Å². The summed E-state index contributed by atoms with van der Waals surface area (Å²) in [6, 6.07) is 0. The van der Waals surface area contributed by atoms with Crippen molar-refractivity contribution in [3.05, 3.63) is 0 Å². The van der Waals surface area contributed by atoms with Crippen molar-refractivity contribution in [1.29, 1.82) is 0 Å². The molecule has 3 nitrogen and oxygen atoms in total. The first kappa shape index (κ1) is 10.6. The van der Waals surface area contributed by atoms with Crippen molar-refractivity contribution >= 4 is 5.78 Å². The van der Waals surface area contributed by atoms with Gasteiger partial charge in [-0.1, -0.05) is 6.92 Å². The smallest absolute Gasteiger partial charge is 0.172 e. The Morgan fingerprint density at radius 2 is 2.18 bits per heavy atom. The number of ether oxygens (including phenoxy) is 1. The van der Waals surface area contributed by atoms with Crippen molar-refractivity contribution in [2.45, 2.75) is 20.3 Å². The molecule has 11 heavy (non-hydrogen) atoms. The lowest BCUT2D eigenvalue weighted by molar-refractivity contribution is -0.122. The van der Waals surface area contributed by atoms with Crippen molar-refractivity contribution in [3.63, 3.8) is 0 Å². The lowest BCUT2D eigenvalue weighted by Crippen LogP contribution is -2.26. The molecule has 0 aliphatic carbocycles. The van der Waals surface area contributed by atoms with E-state index in [9.17, 15) is 4.79 Å². The number of ketones is 1. The summed E-state index contributed by atoms with van der Waals surface area (Å²) in [6.07, 6.45) is 1.06. The monoisotopic (exact) mass is 159 g/mol. The van der Waals surface area contributed by atoms with Gasteiger partial charge in [-0.2, -0.15) is 0 Å². The third kappa shape index (κ3) is 7.49. The number of Topliss-reactive ketones (excluding diaryl/α,β-unsaturated/α-hetero) is 1. The van der Waals surface area contributed by atoms with Gasteiger partial charge in [0.05, 0.1) is 6.54 Å². The minimum Gasteiger partial charge on any atom is -0.374 e. The SMILES string of the molecule is CCCNCC(=O)COCC. The van der Waals surface area contributed by atoms with Gasteiger partial charge in [-0.05, 0) is 19.9 Å². The molecule has 0 fully saturated rings. The van der Waals surface area contributed by atoms with Crippen LogP contribution >= 0.6 is 0 Å². The van der Waals surface area contributed by atoms with Crippen molar-refractivity contribution in [3.8, 4) is 0 Å². The molecular weight excluding hydrogens is 142 g/mol. The van der Waals surface area contributed by atoms with Crippen LogP contribution in [0.25, 0.3) is 0 Å². The van der Waals surface area contributed by atoms with Crippen LogP contribution in [0.3, 0.4) is 0 Å². The van der Waals surface area contributed by atoms with Gasteiger partial charge in [0.25, 0.3) is 0 Å². The van der Waals surface area contributed by atoms with E-state index in [0.717, 1.165) is 13.0 Å². The largest absolute Gasteiger partial charge is 0.374 e. The summed E-state index contributed by atoms with van der Waals surface area (Å²) in [5.74, 6) is 0.125. The first-order valence-corrected chi connectivity index (χ1v) is 4.11. The lowest BCUT2D eigenvalue weighted by atomic mass is 10.4. The van der Waals surface area contributed by atoms with Gasteiger partial charge in [0.2, 0.25) is 0 Å². The highest BCUT2D eigenvalue weighted by Gasteiger charge is 1.98. The summed E-state index contributed by atoms with van der Waals surface area (Å²) >= 11 is 0. The molecule has 0 radical (unpaired) electrons. The number of carbonyl (C=O) groups excluding carboxylic acids is 1. The summed E-state index contributed by atoms with van der Waals surface area (Å²) in [5, 5.41) is 3.01. The van der Waals surface area contributed by atoms with Crippen LogP contribution in [-0.2, 0) is 9.53 Å². The van der Waals surface area contributed by atoms with Gasteiger partial charge in [0, 0.05) is 6.61 Å². The molecule has 0 amide bonds. The van der Waals surface area contributed by atoms with Crippen LogP contribution in [0.5, 0.6) is 0 Å². The standard InChI is InChI=1S/C8H17NO2/c1-3-5-9-6-8(10)7-11-4-2/h9H,3-7H2,1-2H3. The number of hydrogen-bond donors (Lipinski definition) is 1. The fourth-order valence-corrected chi connectivity index (χ4v) is 0.672. The molecule has 0 rings (SSSR count). The molecule has 0 aromatic rings. The number of rotatable bonds is 7. The maximum Gasteiger partial charge on any atom is 0.172 e. The molecule has 0 unspecified atom stereocenters. The zero-order valence-corrected chi connectivity index (χ0v) is 7.35. The quantitative estimate of drug-likeness (QED) is 0.552. The first-order chi connectivity index (χ1) is 5.31. The van der Waals surface area contributed by atoms with Crippen LogP contribution in [-0.4, -0.2) is 32.1 Å². The van der Waals surface area contributed by atoms with Crippen LogP contribution in [0.4, 0.5) is 0 Å². The molecule has 0 saturated heterocycles. The molecule has 1 N–H and O–H groups in total. The van der Waals surface area contributed by atoms with E-state index >= 15 is 0 Å². The Kier molecular flexibility index (Phi) is 7.41. The van der Waals surface area contributed by atoms with E-state index in [-0.39, 0.29) is 12.4 Å². The second-order valence-electron chi connectivity index (χ2n) is 2.35. The minimum absolute atomic E-state index is 0.125. The zero-order valence-electron chi connectivity index (χ0n) is 7.35. The Bertz CT molecular complexity index is 104. The average molecular weight is 159 g/mol. The Hall–Kier alpha value is -0.410. The van der Waals surface area contributed by atoms with Gasteiger partial charge in [-0.15, -0.1) is 0 Å². The fraction of sp³-hybridized carbons (Fsp3) is 0.875. The summed E-state index contributed by atoms with van der Waals surface area (Å²) in [5.41, 5.74) is 0. The highest BCUT2D eigenvalue weighted by Crippen LogP contribution is 1.76. The average Bonchev–Trinajstić information content (AvgIpc) is 2.01. The molecule has 0 aromatic carbocycles. The molecule has 0 aliphatic rings. The molecule has 0 bridgehead atoms. The van der Waals surface area contributed by atoms with Gasteiger partial charge in [-0.3, -0.25) is 4.79 Å². The van der Waals surface area contributed by atoms with Gasteiger partial charge in [0.1, 0.15) is 6.61 Å². The third-order valence-electron chi connectivity index (χ3n) is 1.22. The molecular formula is C8H17NO2. The van der Waals surface area contributed by atoms with Crippen LogP contribution < -0.4 is 5.32 Å². The van der Waals surface area contributed by atoms with Crippen LogP contribution in [0.2, 0.25) is 0 Å². The van der Waals surface area contributed by atoms with Gasteiger partial charge < -0.3 is 10.1 Å². The molecule has 0 aliphatic heterocycles. The maximum atomic E-state index is 10.9. The summed E-state index contributed by atoms with van der Waals surface area (Å²) in [7, 11) is 0. The highest BCUT2D eigenvalue weighted by molar-refractivity contribution is 5.81. The first-order valence-electron chi connectivity index (χ1n) is 4.11. The van der Waals surface area contributed by atoms with Crippen molar-refractivity contribution < 1.29 is 9.53 Å². The van der Waals surface area contributed by atoms with E-state index in [2.05, 4.69) is 12.2 Å². The topological polar surface area (TPSA) is 38.3 Å². The summed E-state index contributed by atoms with van der Waals surface area (Å²) in [6.45, 7) is 6.14. The van der Waals surface area contributed by atoms with E-state index in [4.69, 9.17) is 4.74 Å². The lowest BCUT2D eigenvalue weighted by Gasteiger charge is -2.01. The normalized spacial score (nSPS) is 10.0. The Labute approximate surface area is 68.1 Å². The predicted molar refractivity (Wildman–Crippen MR) is 44.7 cm³/mol. The molecule has 66 valence electrons. The van der Waals surface area contributed by atoms with Crippen molar-refractivity contribution in [2.24, 2.45) is 0 Å². The Balaban J connectivity index is 3.09. The van der Waals surface area contributed by atoms with Crippen LogP contribution in [0, 0.1) is 0 Å². The minimum atomic E-state index is 0.125. The number of nitrogens with one attached hydrogen (secondary N) is 1. The van der Waals surface area contributed by atoms with E-state index in [1.165, 1.54) is 0 Å². The van der Waals surface area contributed by atoms with Crippen LogP contribution in [0.15, 0.2) is 0 Å². The number of carbonyl (C=O) groups is 1. The fourth-order valence-electron chi connectivity index (χ4n) is 0.672. The van der Waals surface area contributed by atoms with Gasteiger partial charge >= 0.3 is 0 Å². The second-order valence-corrected chi connectivity index (χ2v) is 2.35. The molecule has 0 saturated carbocycles. The Morgan fingerprint density at radius 1 is 1.45 bits per heavy atom. The second kappa shape index (κ2) is 7.69. The third-order valence-corrected chi connectivity index (χ3v) is 1.22. The zero-order chi connectivity index (χ0) is 8.53. The van der Waals surface area contributed by atoms with Crippen LogP contribution in [0.1, 0.15) is 20.3 Å². The van der Waals surface area contributed by atoms with Crippen molar-refractivity contribution in [1.82, 2.24) is 5.32 Å². The van der Waals surface area contributed by atoms with E-state index in [0.29, 0.717) is 13.2 Å².